The van der Waals surface area contributed by atoms with Crippen LogP contribution in [0.5, 0.6) is 5.75 Å². The third-order valence-corrected chi connectivity index (χ3v) is 4.57. The number of ether oxygens (including phenoxy) is 1. The molecule has 1 fully saturated rings. The molecule has 1 heterocycles. The zero-order valence-electron chi connectivity index (χ0n) is 13.4. The SMILES string of the molecule is CNC(c1cc(Cl)ccc1OC)C1CN(C)CCCN1C. The average molecular weight is 312 g/mol. The van der Waals surface area contributed by atoms with Gasteiger partial charge in [0.2, 0.25) is 0 Å². The van der Waals surface area contributed by atoms with Crippen LogP contribution in [0.1, 0.15) is 18.0 Å². The van der Waals surface area contributed by atoms with Gasteiger partial charge in [-0.25, -0.2) is 0 Å². The van der Waals surface area contributed by atoms with Crippen molar-refractivity contribution in [1.82, 2.24) is 15.1 Å². The maximum atomic E-state index is 6.20. The molecule has 1 aliphatic rings. The predicted octanol–water partition coefficient (Wildman–Crippen LogP) is 2.25. The van der Waals surface area contributed by atoms with Gasteiger partial charge in [0.05, 0.1) is 13.2 Å². The van der Waals surface area contributed by atoms with Gasteiger partial charge < -0.3 is 19.9 Å². The smallest absolute Gasteiger partial charge is 0.123 e. The third kappa shape index (κ3) is 3.89. The van der Waals surface area contributed by atoms with Gasteiger partial charge >= 0.3 is 0 Å². The van der Waals surface area contributed by atoms with E-state index in [0.29, 0.717) is 6.04 Å². The largest absolute Gasteiger partial charge is 0.496 e. The summed E-state index contributed by atoms with van der Waals surface area (Å²) in [6.07, 6.45) is 1.20. The Labute approximate surface area is 133 Å². The molecular weight excluding hydrogens is 286 g/mol. The maximum absolute atomic E-state index is 6.20. The first-order valence-electron chi connectivity index (χ1n) is 7.46. The van der Waals surface area contributed by atoms with Crippen LogP contribution in [0.25, 0.3) is 0 Å². The lowest BCUT2D eigenvalue weighted by atomic mass is 9.97. The zero-order valence-corrected chi connectivity index (χ0v) is 14.2. The van der Waals surface area contributed by atoms with Gasteiger partial charge in [-0.2, -0.15) is 0 Å². The molecule has 21 heavy (non-hydrogen) atoms. The highest BCUT2D eigenvalue weighted by Crippen LogP contribution is 2.32. The van der Waals surface area contributed by atoms with E-state index in [1.807, 2.05) is 25.2 Å². The van der Waals surface area contributed by atoms with Crippen LogP contribution in [-0.4, -0.2) is 63.7 Å². The highest BCUT2D eigenvalue weighted by Gasteiger charge is 2.30. The standard InChI is InChI=1S/C16H26ClN3O/c1-18-16(13-10-12(17)6-7-15(13)21-4)14-11-19(2)8-5-9-20(14)3/h6-7,10,14,16,18H,5,8-9,11H2,1-4H3. The van der Waals surface area contributed by atoms with E-state index in [1.54, 1.807) is 7.11 Å². The summed E-state index contributed by atoms with van der Waals surface area (Å²) in [5, 5.41) is 4.21. The number of halogens is 1. The van der Waals surface area contributed by atoms with E-state index in [2.05, 4.69) is 29.2 Å². The number of likely N-dealkylation sites (N-methyl/N-ethyl adjacent to an activating group) is 3. The summed E-state index contributed by atoms with van der Waals surface area (Å²) in [5.41, 5.74) is 1.12. The molecule has 0 saturated carbocycles. The quantitative estimate of drug-likeness (QED) is 0.923. The van der Waals surface area contributed by atoms with E-state index < -0.39 is 0 Å². The fourth-order valence-electron chi connectivity index (χ4n) is 3.17. The number of hydrogen-bond acceptors (Lipinski definition) is 4. The number of hydrogen-bond donors (Lipinski definition) is 1. The molecule has 118 valence electrons. The minimum atomic E-state index is 0.184. The first-order valence-corrected chi connectivity index (χ1v) is 7.84. The van der Waals surface area contributed by atoms with Crippen molar-refractivity contribution >= 4 is 11.6 Å². The van der Waals surface area contributed by atoms with Crippen molar-refractivity contribution in [3.63, 3.8) is 0 Å². The van der Waals surface area contributed by atoms with Crippen LogP contribution < -0.4 is 10.1 Å². The van der Waals surface area contributed by atoms with Crippen LogP contribution in [0.3, 0.4) is 0 Å². The second kappa shape index (κ2) is 7.45. The molecule has 1 aromatic carbocycles. The molecule has 1 N–H and O–H groups in total. The Balaban J connectivity index is 2.35. The Kier molecular flexibility index (Phi) is 5.88. The molecule has 0 spiro atoms. The Morgan fingerprint density at radius 2 is 2.10 bits per heavy atom. The fourth-order valence-corrected chi connectivity index (χ4v) is 3.35. The second-order valence-electron chi connectivity index (χ2n) is 5.82. The molecule has 2 rings (SSSR count). The summed E-state index contributed by atoms with van der Waals surface area (Å²) in [6, 6.07) is 6.40. The molecule has 0 bridgehead atoms. The normalized spacial score (nSPS) is 22.8. The molecule has 2 unspecified atom stereocenters. The summed E-state index contributed by atoms with van der Waals surface area (Å²) < 4.78 is 5.54. The molecule has 1 aliphatic heterocycles. The van der Waals surface area contributed by atoms with E-state index in [0.717, 1.165) is 36.0 Å². The Morgan fingerprint density at radius 1 is 1.33 bits per heavy atom. The van der Waals surface area contributed by atoms with Gasteiger partial charge in [-0.1, -0.05) is 11.6 Å². The van der Waals surface area contributed by atoms with E-state index in [9.17, 15) is 0 Å². The summed E-state index contributed by atoms with van der Waals surface area (Å²) >= 11 is 6.20. The summed E-state index contributed by atoms with van der Waals surface area (Å²) in [7, 11) is 8.10. The first-order chi connectivity index (χ1) is 10.1. The van der Waals surface area contributed by atoms with E-state index in [-0.39, 0.29) is 6.04 Å². The topological polar surface area (TPSA) is 27.7 Å². The lowest BCUT2D eigenvalue weighted by Crippen LogP contribution is -2.46. The van der Waals surface area contributed by atoms with Crippen LogP contribution in [0.4, 0.5) is 0 Å². The van der Waals surface area contributed by atoms with E-state index in [1.165, 1.54) is 6.42 Å². The van der Waals surface area contributed by atoms with E-state index in [4.69, 9.17) is 16.3 Å². The molecule has 4 nitrogen and oxygen atoms in total. The number of rotatable bonds is 4. The van der Waals surface area contributed by atoms with Gasteiger partial charge in [0, 0.05) is 23.2 Å². The number of nitrogens with one attached hydrogen (secondary N) is 1. The second-order valence-corrected chi connectivity index (χ2v) is 6.25. The van der Waals surface area contributed by atoms with Crippen LogP contribution in [0, 0.1) is 0 Å². The van der Waals surface area contributed by atoms with Crippen molar-refractivity contribution in [2.75, 3.05) is 47.9 Å². The van der Waals surface area contributed by atoms with E-state index >= 15 is 0 Å². The van der Waals surface area contributed by atoms with Crippen LogP contribution in [-0.2, 0) is 0 Å². The van der Waals surface area contributed by atoms with Crippen LogP contribution >= 0.6 is 11.6 Å². The molecule has 2 atom stereocenters. The van der Waals surface area contributed by atoms with Gasteiger partial charge in [-0.05, 0) is 58.9 Å². The van der Waals surface area contributed by atoms with Crippen molar-refractivity contribution < 1.29 is 4.74 Å². The fraction of sp³-hybridized carbons (Fsp3) is 0.625. The number of methoxy groups -OCH3 is 1. The van der Waals surface area contributed by atoms with Gasteiger partial charge in [-0.3, -0.25) is 0 Å². The highest BCUT2D eigenvalue weighted by atomic mass is 35.5. The number of nitrogens with zero attached hydrogens (tertiary/aromatic N) is 2. The monoisotopic (exact) mass is 311 g/mol. The molecule has 0 radical (unpaired) electrons. The molecule has 0 aromatic heterocycles. The molecule has 5 heteroatoms. The molecule has 1 saturated heterocycles. The third-order valence-electron chi connectivity index (χ3n) is 4.34. The van der Waals surface area contributed by atoms with Crippen molar-refractivity contribution in [3.05, 3.63) is 28.8 Å². The molecule has 0 amide bonds. The minimum absolute atomic E-state index is 0.184. The van der Waals surface area contributed by atoms with Crippen molar-refractivity contribution in [2.45, 2.75) is 18.5 Å². The van der Waals surface area contributed by atoms with Crippen molar-refractivity contribution in [1.29, 1.82) is 0 Å². The van der Waals surface area contributed by atoms with Gasteiger partial charge in [0.25, 0.3) is 0 Å². The predicted molar refractivity (Wildman–Crippen MR) is 88.3 cm³/mol. The van der Waals surface area contributed by atoms with Gasteiger partial charge in [0.1, 0.15) is 5.75 Å². The first kappa shape index (κ1) is 16.6. The van der Waals surface area contributed by atoms with Crippen LogP contribution in [0.15, 0.2) is 18.2 Å². The lowest BCUT2D eigenvalue weighted by Gasteiger charge is -2.35. The van der Waals surface area contributed by atoms with Crippen molar-refractivity contribution in [2.24, 2.45) is 0 Å². The highest BCUT2D eigenvalue weighted by molar-refractivity contribution is 6.30. The van der Waals surface area contributed by atoms with Crippen molar-refractivity contribution in [3.8, 4) is 5.75 Å². The van der Waals surface area contributed by atoms with Gasteiger partial charge in [-0.15, -0.1) is 0 Å². The zero-order chi connectivity index (χ0) is 15.4. The average Bonchev–Trinajstić information content (AvgIpc) is 2.62. The van der Waals surface area contributed by atoms with Gasteiger partial charge in [0.15, 0.2) is 0 Å². The number of benzene rings is 1. The molecule has 1 aromatic rings. The summed E-state index contributed by atoms with van der Waals surface area (Å²) in [6.45, 7) is 3.28. The Bertz CT molecular complexity index is 469. The Hall–Kier alpha value is -0.810. The van der Waals surface area contributed by atoms with Crippen LogP contribution in [0.2, 0.25) is 5.02 Å². The minimum Gasteiger partial charge on any atom is -0.496 e. The maximum Gasteiger partial charge on any atom is 0.123 e. The molecular formula is C16H26ClN3O. The summed E-state index contributed by atoms with van der Waals surface area (Å²) in [5.74, 6) is 0.888. The molecule has 0 aliphatic carbocycles. The Morgan fingerprint density at radius 3 is 2.76 bits per heavy atom. The summed E-state index contributed by atoms with van der Waals surface area (Å²) in [4.78, 5) is 4.83. The lowest BCUT2D eigenvalue weighted by molar-refractivity contribution is 0.181.